The fraction of sp³-hybridized carbons (Fsp3) is 0.182. The SMILES string of the molecule is CCOc1ccc(S(=O)(=O)[O-])c2cccnc12.O.[Na+]. The fourth-order valence-electron chi connectivity index (χ4n) is 1.61. The van der Waals surface area contributed by atoms with E-state index in [2.05, 4.69) is 4.98 Å². The van der Waals surface area contributed by atoms with Crippen LogP contribution >= 0.6 is 0 Å². The summed E-state index contributed by atoms with van der Waals surface area (Å²) in [5.41, 5.74) is 0.381. The van der Waals surface area contributed by atoms with Crippen molar-refractivity contribution < 1.29 is 52.7 Å². The Labute approximate surface area is 133 Å². The minimum absolute atomic E-state index is 0. The van der Waals surface area contributed by atoms with Gasteiger partial charge in [0.25, 0.3) is 0 Å². The summed E-state index contributed by atoms with van der Waals surface area (Å²) < 4.78 is 38.6. The Balaban J connectivity index is 0.00000162. The summed E-state index contributed by atoms with van der Waals surface area (Å²) in [6.45, 7) is 2.25. The molecule has 6 nitrogen and oxygen atoms in total. The van der Waals surface area contributed by atoms with Crippen LogP contribution in [-0.4, -0.2) is 30.0 Å². The predicted molar refractivity (Wildman–Crippen MR) is 64.5 cm³/mol. The van der Waals surface area contributed by atoms with Gasteiger partial charge >= 0.3 is 29.6 Å². The normalized spacial score (nSPS) is 10.4. The van der Waals surface area contributed by atoms with Crippen LogP contribution in [0.1, 0.15) is 6.92 Å². The molecule has 1 aromatic heterocycles. The maximum Gasteiger partial charge on any atom is 1.00 e. The number of rotatable bonds is 3. The van der Waals surface area contributed by atoms with Crippen LogP contribution < -0.4 is 34.3 Å². The molecule has 0 spiro atoms. The number of nitrogens with zero attached hydrogens (tertiary/aromatic N) is 1. The number of hydrogen-bond donors (Lipinski definition) is 0. The summed E-state index contributed by atoms with van der Waals surface area (Å²) in [4.78, 5) is 3.77. The van der Waals surface area contributed by atoms with Gasteiger partial charge in [0.2, 0.25) is 0 Å². The van der Waals surface area contributed by atoms with Crippen LogP contribution in [-0.2, 0) is 10.1 Å². The number of ether oxygens (including phenoxy) is 1. The first kappa shape index (κ1) is 18.3. The molecule has 0 fully saturated rings. The number of benzene rings is 1. The Morgan fingerprint density at radius 3 is 2.58 bits per heavy atom. The van der Waals surface area contributed by atoms with Gasteiger partial charge in [0.1, 0.15) is 21.4 Å². The van der Waals surface area contributed by atoms with Crippen molar-refractivity contribution in [2.24, 2.45) is 0 Å². The topological polar surface area (TPSA) is 111 Å². The van der Waals surface area contributed by atoms with E-state index in [0.717, 1.165) is 0 Å². The standard InChI is InChI=1S/C11H11NO4S.Na.H2O/c1-2-16-9-5-6-10(17(13,14)15)8-4-3-7-12-11(8)9;;/h3-7H,2H2,1H3,(H,13,14,15);;1H2/q;+1;/p-1. The van der Waals surface area contributed by atoms with E-state index in [1.807, 2.05) is 6.92 Å². The van der Waals surface area contributed by atoms with Gasteiger partial charge in [-0.05, 0) is 31.2 Å². The third-order valence-electron chi connectivity index (χ3n) is 2.26. The molecule has 2 rings (SSSR count). The zero-order valence-electron chi connectivity index (χ0n) is 10.6. The molecule has 98 valence electrons. The van der Waals surface area contributed by atoms with Gasteiger partial charge in [0.15, 0.2) is 0 Å². The first-order chi connectivity index (χ1) is 8.04. The van der Waals surface area contributed by atoms with E-state index in [4.69, 9.17) is 4.74 Å². The maximum atomic E-state index is 11.1. The zero-order chi connectivity index (χ0) is 12.5. The zero-order valence-corrected chi connectivity index (χ0v) is 13.4. The molecule has 0 aliphatic carbocycles. The predicted octanol–water partition coefficient (Wildman–Crippen LogP) is -2.28. The fourth-order valence-corrected chi connectivity index (χ4v) is 2.28. The summed E-state index contributed by atoms with van der Waals surface area (Å²) >= 11 is 0. The van der Waals surface area contributed by atoms with Crippen LogP contribution in [0, 0.1) is 0 Å². The molecule has 0 radical (unpaired) electrons. The first-order valence-electron chi connectivity index (χ1n) is 5.00. The molecule has 0 unspecified atom stereocenters. The molecule has 1 heterocycles. The molecule has 0 bridgehead atoms. The van der Waals surface area contributed by atoms with Crippen molar-refractivity contribution in [3.8, 4) is 5.75 Å². The van der Waals surface area contributed by atoms with Crippen molar-refractivity contribution in [1.29, 1.82) is 0 Å². The molecule has 2 aromatic rings. The molecule has 0 aliphatic heterocycles. The molecule has 1 aromatic carbocycles. The van der Waals surface area contributed by atoms with E-state index >= 15 is 0 Å². The number of pyridine rings is 1. The minimum Gasteiger partial charge on any atom is -0.744 e. The Morgan fingerprint density at radius 2 is 2.00 bits per heavy atom. The third-order valence-corrected chi connectivity index (χ3v) is 3.16. The van der Waals surface area contributed by atoms with E-state index in [9.17, 15) is 13.0 Å². The van der Waals surface area contributed by atoms with Gasteiger partial charge in [-0.25, -0.2) is 8.42 Å². The largest absolute Gasteiger partial charge is 1.00 e. The third kappa shape index (κ3) is 3.88. The smallest absolute Gasteiger partial charge is 0.744 e. The second-order valence-electron chi connectivity index (χ2n) is 3.35. The molecular weight excluding hydrogens is 281 g/mol. The van der Waals surface area contributed by atoms with Crippen LogP contribution in [0.25, 0.3) is 10.9 Å². The van der Waals surface area contributed by atoms with E-state index in [-0.39, 0.29) is 45.3 Å². The molecule has 2 N–H and O–H groups in total. The molecule has 19 heavy (non-hydrogen) atoms. The molecule has 0 amide bonds. The number of fused-ring (bicyclic) bond motifs is 1. The van der Waals surface area contributed by atoms with E-state index < -0.39 is 10.1 Å². The van der Waals surface area contributed by atoms with Crippen LogP contribution in [0.3, 0.4) is 0 Å². The Hall–Kier alpha value is -0.700. The quantitative estimate of drug-likeness (QED) is 0.467. The van der Waals surface area contributed by atoms with E-state index in [1.165, 1.54) is 24.4 Å². The Kier molecular flexibility index (Phi) is 6.92. The Bertz CT molecular complexity index is 659. The monoisotopic (exact) mass is 293 g/mol. The van der Waals surface area contributed by atoms with Gasteiger partial charge in [-0.1, -0.05) is 0 Å². The van der Waals surface area contributed by atoms with Gasteiger partial charge in [-0.15, -0.1) is 0 Å². The van der Waals surface area contributed by atoms with E-state index in [1.54, 1.807) is 6.07 Å². The van der Waals surface area contributed by atoms with Gasteiger partial charge < -0.3 is 14.8 Å². The van der Waals surface area contributed by atoms with Crippen molar-refractivity contribution in [1.82, 2.24) is 4.98 Å². The van der Waals surface area contributed by atoms with Crippen LogP contribution in [0.4, 0.5) is 0 Å². The average molecular weight is 293 g/mol. The summed E-state index contributed by atoms with van der Waals surface area (Å²) in [7, 11) is -4.51. The molecular formula is C11H12NNaO5S. The Morgan fingerprint density at radius 1 is 1.32 bits per heavy atom. The maximum absolute atomic E-state index is 11.1. The van der Waals surface area contributed by atoms with Crippen molar-refractivity contribution >= 4 is 21.0 Å². The van der Waals surface area contributed by atoms with Crippen molar-refractivity contribution in [3.05, 3.63) is 30.5 Å². The summed E-state index contributed by atoms with van der Waals surface area (Å²) in [5, 5.41) is 0.286. The van der Waals surface area contributed by atoms with Crippen molar-refractivity contribution in [2.45, 2.75) is 11.8 Å². The summed E-state index contributed by atoms with van der Waals surface area (Å²) in [5.74, 6) is 0.468. The summed E-state index contributed by atoms with van der Waals surface area (Å²) in [6, 6.07) is 5.81. The summed E-state index contributed by atoms with van der Waals surface area (Å²) in [6.07, 6.45) is 1.52. The second kappa shape index (κ2) is 7.18. The van der Waals surface area contributed by atoms with Gasteiger partial charge in [-0.3, -0.25) is 4.98 Å². The van der Waals surface area contributed by atoms with Gasteiger partial charge in [0.05, 0.1) is 11.5 Å². The van der Waals surface area contributed by atoms with Crippen LogP contribution in [0.15, 0.2) is 35.4 Å². The average Bonchev–Trinajstić information content (AvgIpc) is 2.28. The second-order valence-corrected chi connectivity index (χ2v) is 4.70. The van der Waals surface area contributed by atoms with Crippen LogP contribution in [0.2, 0.25) is 0 Å². The first-order valence-corrected chi connectivity index (χ1v) is 6.41. The van der Waals surface area contributed by atoms with Crippen molar-refractivity contribution in [2.75, 3.05) is 6.61 Å². The van der Waals surface area contributed by atoms with Gasteiger partial charge in [-0.2, -0.15) is 0 Å². The van der Waals surface area contributed by atoms with E-state index in [0.29, 0.717) is 17.9 Å². The molecule has 8 heteroatoms. The minimum atomic E-state index is -4.51. The number of hydrogen-bond acceptors (Lipinski definition) is 5. The number of aromatic nitrogens is 1. The molecule has 0 atom stereocenters. The molecule has 0 saturated heterocycles. The van der Waals surface area contributed by atoms with Gasteiger partial charge in [0, 0.05) is 11.6 Å². The molecule has 0 aliphatic rings. The molecule has 0 saturated carbocycles. The van der Waals surface area contributed by atoms with Crippen molar-refractivity contribution in [3.63, 3.8) is 0 Å². The van der Waals surface area contributed by atoms with Crippen LogP contribution in [0.5, 0.6) is 5.75 Å².